The van der Waals surface area contributed by atoms with Gasteiger partial charge in [-0.05, 0) is 54.4 Å². The van der Waals surface area contributed by atoms with Crippen LogP contribution in [0.3, 0.4) is 0 Å². The maximum absolute atomic E-state index is 13.0. The maximum atomic E-state index is 13.0. The van der Waals surface area contributed by atoms with Crippen LogP contribution < -0.4 is 24.7 Å². The molecule has 178 valence electrons. The molecule has 0 aliphatic carbocycles. The van der Waals surface area contributed by atoms with Gasteiger partial charge in [0, 0.05) is 11.6 Å². The molecule has 35 heavy (non-hydrogen) atoms. The van der Waals surface area contributed by atoms with E-state index in [0.717, 1.165) is 17.7 Å². The first kappa shape index (κ1) is 23.6. The number of nitriles is 1. The number of benzene rings is 3. The summed E-state index contributed by atoms with van der Waals surface area (Å²) in [4.78, 5) is 12.2. The van der Waals surface area contributed by atoms with Crippen LogP contribution in [0.5, 0.6) is 23.0 Å². The molecule has 0 aromatic heterocycles. The number of allylic oxidation sites excluding steroid dienone is 1. The normalized spacial score (nSPS) is 14.4. The Hall–Kier alpha value is -4.51. The number of hydrogen-bond acceptors (Lipinski definition) is 7. The molecule has 0 amide bonds. The summed E-state index contributed by atoms with van der Waals surface area (Å²) in [6.07, 6.45) is 0.901. The van der Waals surface area contributed by atoms with Crippen LogP contribution in [0.25, 0.3) is 0 Å². The quantitative estimate of drug-likeness (QED) is 0.369. The molecular weight excluding hydrogens is 451 g/mol. The Balaban J connectivity index is 1.51. The number of nitrogens with two attached hydrogens (primary N) is 1. The van der Waals surface area contributed by atoms with Crippen molar-refractivity contribution in [2.75, 3.05) is 13.2 Å². The summed E-state index contributed by atoms with van der Waals surface area (Å²) in [7, 11) is 0. The molecule has 3 aromatic rings. The van der Waals surface area contributed by atoms with E-state index in [9.17, 15) is 14.4 Å². The van der Waals surface area contributed by atoms with Crippen LogP contribution in [0.4, 0.5) is 4.39 Å². The third-order valence-electron chi connectivity index (χ3n) is 5.28. The van der Waals surface area contributed by atoms with Crippen molar-refractivity contribution in [2.24, 2.45) is 5.73 Å². The van der Waals surface area contributed by atoms with Crippen molar-refractivity contribution in [3.05, 3.63) is 95.1 Å². The number of rotatable bonds is 8. The molecule has 1 aliphatic heterocycles. The number of hydrogen-bond donors (Lipinski definition) is 1. The minimum absolute atomic E-state index is 0.0144. The monoisotopic (exact) mass is 474 g/mol. The zero-order valence-corrected chi connectivity index (χ0v) is 19.0. The van der Waals surface area contributed by atoms with Crippen LogP contribution in [0.1, 0.15) is 30.4 Å². The minimum atomic E-state index is -0.648. The lowest BCUT2D eigenvalue weighted by Crippen LogP contribution is -2.21. The lowest BCUT2D eigenvalue weighted by molar-refractivity contribution is -0.136. The SMILES string of the molecule is CCCOc1ccc(C2C(C#N)=C(N)Oc3cc(OC(=O)COc4ccc(F)cc4)ccc32)cc1. The van der Waals surface area contributed by atoms with Crippen LogP contribution in [-0.2, 0) is 4.79 Å². The summed E-state index contributed by atoms with van der Waals surface area (Å²) in [6.45, 7) is 2.29. The zero-order valence-electron chi connectivity index (χ0n) is 19.0. The molecule has 3 aromatic carbocycles. The van der Waals surface area contributed by atoms with Gasteiger partial charge in [0.25, 0.3) is 0 Å². The van der Waals surface area contributed by atoms with Gasteiger partial charge in [-0.25, -0.2) is 9.18 Å². The Morgan fingerprint density at radius 3 is 2.37 bits per heavy atom. The molecule has 1 unspecified atom stereocenters. The topological polar surface area (TPSA) is 104 Å². The fraction of sp³-hybridized carbons (Fsp3) is 0.185. The number of esters is 1. The Morgan fingerprint density at radius 2 is 1.69 bits per heavy atom. The van der Waals surface area contributed by atoms with Gasteiger partial charge in [0.1, 0.15) is 40.5 Å². The number of ether oxygens (including phenoxy) is 4. The van der Waals surface area contributed by atoms with E-state index in [0.29, 0.717) is 23.7 Å². The molecule has 2 N–H and O–H groups in total. The van der Waals surface area contributed by atoms with E-state index in [-0.39, 0.29) is 23.8 Å². The second-order valence-corrected chi connectivity index (χ2v) is 7.76. The van der Waals surface area contributed by atoms with E-state index in [2.05, 4.69) is 6.07 Å². The average Bonchev–Trinajstić information content (AvgIpc) is 2.86. The van der Waals surface area contributed by atoms with E-state index >= 15 is 0 Å². The summed E-state index contributed by atoms with van der Waals surface area (Å²) in [5.41, 5.74) is 7.90. The largest absolute Gasteiger partial charge is 0.494 e. The Labute approximate surface area is 202 Å². The first-order valence-electron chi connectivity index (χ1n) is 11.0. The molecule has 1 heterocycles. The molecule has 1 aliphatic rings. The minimum Gasteiger partial charge on any atom is -0.494 e. The summed E-state index contributed by atoms with van der Waals surface area (Å²) in [6, 6.07) is 19.8. The molecular formula is C27H23FN2O5. The highest BCUT2D eigenvalue weighted by molar-refractivity contribution is 5.74. The highest BCUT2D eigenvalue weighted by Crippen LogP contribution is 2.43. The van der Waals surface area contributed by atoms with Gasteiger partial charge in [-0.2, -0.15) is 5.26 Å². The summed E-state index contributed by atoms with van der Waals surface area (Å²) < 4.78 is 35.0. The highest BCUT2D eigenvalue weighted by atomic mass is 19.1. The molecule has 8 heteroatoms. The third kappa shape index (κ3) is 5.53. The fourth-order valence-electron chi connectivity index (χ4n) is 3.65. The van der Waals surface area contributed by atoms with Crippen LogP contribution in [0, 0.1) is 17.1 Å². The predicted molar refractivity (Wildman–Crippen MR) is 125 cm³/mol. The van der Waals surface area contributed by atoms with E-state index in [1.165, 1.54) is 30.3 Å². The fourth-order valence-corrected chi connectivity index (χ4v) is 3.65. The molecule has 0 bridgehead atoms. The van der Waals surface area contributed by atoms with Crippen molar-refractivity contribution in [2.45, 2.75) is 19.3 Å². The Kier molecular flexibility index (Phi) is 7.17. The van der Waals surface area contributed by atoms with Crippen LogP contribution in [-0.4, -0.2) is 19.2 Å². The first-order chi connectivity index (χ1) is 17.0. The van der Waals surface area contributed by atoms with E-state index in [1.54, 1.807) is 12.1 Å². The van der Waals surface area contributed by atoms with Crippen molar-refractivity contribution in [3.8, 4) is 29.1 Å². The van der Waals surface area contributed by atoms with Gasteiger partial charge in [0.15, 0.2) is 6.61 Å². The molecule has 7 nitrogen and oxygen atoms in total. The van der Waals surface area contributed by atoms with Gasteiger partial charge in [-0.15, -0.1) is 0 Å². The van der Waals surface area contributed by atoms with Crippen molar-refractivity contribution >= 4 is 5.97 Å². The molecule has 0 saturated heterocycles. The van der Waals surface area contributed by atoms with Crippen molar-refractivity contribution in [1.29, 1.82) is 5.26 Å². The first-order valence-corrected chi connectivity index (χ1v) is 11.0. The lowest BCUT2D eigenvalue weighted by Gasteiger charge is -2.26. The molecule has 0 saturated carbocycles. The van der Waals surface area contributed by atoms with E-state index < -0.39 is 17.7 Å². The van der Waals surface area contributed by atoms with Gasteiger partial charge in [0.05, 0.1) is 12.5 Å². The van der Waals surface area contributed by atoms with Crippen molar-refractivity contribution < 1.29 is 28.1 Å². The summed E-state index contributed by atoms with van der Waals surface area (Å²) >= 11 is 0. The second kappa shape index (κ2) is 10.6. The van der Waals surface area contributed by atoms with E-state index in [4.69, 9.17) is 24.7 Å². The molecule has 0 spiro atoms. The van der Waals surface area contributed by atoms with Crippen LogP contribution >= 0.6 is 0 Å². The van der Waals surface area contributed by atoms with Crippen molar-refractivity contribution in [1.82, 2.24) is 0 Å². The van der Waals surface area contributed by atoms with Gasteiger partial charge in [-0.1, -0.05) is 25.1 Å². The standard InChI is InChI=1S/C27H23FN2O5/c1-2-13-32-19-7-3-17(4-8-19)26-22-12-11-21(14-24(22)35-27(30)23(26)15-29)34-25(31)16-33-20-9-5-18(28)6-10-20/h3-12,14,26H,2,13,16,30H2,1H3. The number of carbonyl (C=O) groups is 1. The zero-order chi connectivity index (χ0) is 24.8. The van der Waals surface area contributed by atoms with Gasteiger partial charge in [-0.3, -0.25) is 0 Å². The number of halogens is 1. The highest BCUT2D eigenvalue weighted by Gasteiger charge is 2.31. The Bertz CT molecular complexity index is 1280. The molecule has 0 radical (unpaired) electrons. The van der Waals surface area contributed by atoms with Crippen molar-refractivity contribution in [3.63, 3.8) is 0 Å². The summed E-state index contributed by atoms with van der Waals surface area (Å²) in [5, 5.41) is 9.73. The second-order valence-electron chi connectivity index (χ2n) is 7.76. The number of nitrogens with zero attached hydrogens (tertiary/aromatic N) is 1. The molecule has 4 rings (SSSR count). The van der Waals surface area contributed by atoms with Gasteiger partial charge >= 0.3 is 5.97 Å². The smallest absolute Gasteiger partial charge is 0.349 e. The average molecular weight is 474 g/mol. The maximum Gasteiger partial charge on any atom is 0.349 e. The summed E-state index contributed by atoms with van der Waals surface area (Å²) in [5.74, 6) is 0.173. The number of carbonyl (C=O) groups excluding carboxylic acids is 1. The lowest BCUT2D eigenvalue weighted by atomic mass is 9.83. The van der Waals surface area contributed by atoms with Crippen LogP contribution in [0.2, 0.25) is 0 Å². The molecule has 1 atom stereocenters. The molecule has 0 fully saturated rings. The predicted octanol–water partition coefficient (Wildman–Crippen LogP) is 4.82. The van der Waals surface area contributed by atoms with E-state index in [1.807, 2.05) is 31.2 Å². The number of fused-ring (bicyclic) bond motifs is 1. The third-order valence-corrected chi connectivity index (χ3v) is 5.28. The Morgan fingerprint density at radius 1 is 1.03 bits per heavy atom. The van der Waals surface area contributed by atoms with Crippen LogP contribution in [0.15, 0.2) is 78.2 Å². The van der Waals surface area contributed by atoms with Gasteiger partial charge < -0.3 is 24.7 Å². The van der Waals surface area contributed by atoms with Gasteiger partial charge in [0.2, 0.25) is 5.88 Å².